The van der Waals surface area contributed by atoms with Crippen molar-refractivity contribution in [2.75, 3.05) is 26.7 Å². The minimum Gasteiger partial charge on any atom is -0.301 e. The first-order valence-electron chi connectivity index (χ1n) is 6.11. The second-order valence-corrected chi connectivity index (χ2v) is 5.51. The van der Waals surface area contributed by atoms with E-state index in [1.54, 1.807) is 0 Å². The van der Waals surface area contributed by atoms with Gasteiger partial charge in [-0.1, -0.05) is 13.8 Å². The molecule has 2 aliphatic rings. The molecule has 0 spiro atoms. The van der Waals surface area contributed by atoms with Crippen LogP contribution < -0.4 is 0 Å². The van der Waals surface area contributed by atoms with Crippen molar-refractivity contribution in [2.45, 2.75) is 45.2 Å². The molecule has 82 valence electrons. The smallest absolute Gasteiger partial charge is 0.0224 e. The summed E-state index contributed by atoms with van der Waals surface area (Å²) >= 11 is 0. The number of likely N-dealkylation sites (N-methyl/N-ethyl adjacent to an activating group) is 1. The Morgan fingerprint density at radius 2 is 2.07 bits per heavy atom. The standard InChI is InChI=1S/C12H24N2/c1-10(2)7-12-9-14-6-4-5-11(14)8-13(12)3/h10-12H,4-9H2,1-3H3. The fourth-order valence-corrected chi connectivity index (χ4v) is 3.03. The van der Waals surface area contributed by atoms with Crippen LogP contribution in [0.15, 0.2) is 0 Å². The molecule has 2 rings (SSSR count). The Labute approximate surface area is 88.3 Å². The average molecular weight is 196 g/mol. The highest BCUT2D eigenvalue weighted by Crippen LogP contribution is 2.26. The minimum atomic E-state index is 0.810. The van der Waals surface area contributed by atoms with Gasteiger partial charge >= 0.3 is 0 Å². The molecule has 0 aliphatic carbocycles. The molecule has 0 aromatic heterocycles. The maximum absolute atomic E-state index is 2.72. The molecule has 0 amide bonds. The number of fused-ring (bicyclic) bond motifs is 1. The maximum atomic E-state index is 2.72. The van der Waals surface area contributed by atoms with E-state index in [9.17, 15) is 0 Å². The molecular weight excluding hydrogens is 172 g/mol. The van der Waals surface area contributed by atoms with Crippen LogP contribution in [0.5, 0.6) is 0 Å². The summed E-state index contributed by atoms with van der Waals surface area (Å²) in [6, 6.07) is 1.69. The molecule has 0 aromatic rings. The summed E-state index contributed by atoms with van der Waals surface area (Å²) in [7, 11) is 2.31. The Morgan fingerprint density at radius 3 is 2.79 bits per heavy atom. The molecule has 2 fully saturated rings. The third-order valence-electron chi connectivity index (χ3n) is 3.81. The number of hydrogen-bond acceptors (Lipinski definition) is 2. The van der Waals surface area contributed by atoms with E-state index in [1.165, 1.54) is 38.9 Å². The summed E-state index contributed by atoms with van der Waals surface area (Å²) < 4.78 is 0. The summed E-state index contributed by atoms with van der Waals surface area (Å²) in [5.74, 6) is 0.835. The van der Waals surface area contributed by atoms with Crippen molar-refractivity contribution in [3.05, 3.63) is 0 Å². The van der Waals surface area contributed by atoms with E-state index < -0.39 is 0 Å². The number of nitrogens with zero attached hydrogens (tertiary/aromatic N) is 2. The highest BCUT2D eigenvalue weighted by atomic mass is 15.3. The van der Waals surface area contributed by atoms with Crippen molar-refractivity contribution in [3.63, 3.8) is 0 Å². The summed E-state index contributed by atoms with van der Waals surface area (Å²) in [6.07, 6.45) is 4.21. The summed E-state index contributed by atoms with van der Waals surface area (Å²) in [6.45, 7) is 8.65. The normalized spacial score (nSPS) is 35.1. The Morgan fingerprint density at radius 1 is 1.29 bits per heavy atom. The van der Waals surface area contributed by atoms with E-state index in [-0.39, 0.29) is 0 Å². The summed E-state index contributed by atoms with van der Waals surface area (Å²) in [4.78, 5) is 5.31. The summed E-state index contributed by atoms with van der Waals surface area (Å²) in [5, 5.41) is 0. The van der Waals surface area contributed by atoms with Gasteiger partial charge in [0.1, 0.15) is 0 Å². The van der Waals surface area contributed by atoms with Gasteiger partial charge in [-0.3, -0.25) is 4.90 Å². The van der Waals surface area contributed by atoms with Crippen LogP contribution in [0.4, 0.5) is 0 Å². The number of piperazine rings is 1. The zero-order valence-electron chi connectivity index (χ0n) is 9.87. The first-order valence-corrected chi connectivity index (χ1v) is 6.11. The van der Waals surface area contributed by atoms with Gasteiger partial charge in [-0.2, -0.15) is 0 Å². The summed E-state index contributed by atoms with van der Waals surface area (Å²) in [5.41, 5.74) is 0. The zero-order valence-corrected chi connectivity index (χ0v) is 9.87. The first-order chi connectivity index (χ1) is 6.66. The monoisotopic (exact) mass is 196 g/mol. The highest BCUT2D eigenvalue weighted by Gasteiger charge is 2.34. The van der Waals surface area contributed by atoms with E-state index >= 15 is 0 Å². The minimum absolute atomic E-state index is 0.810. The van der Waals surface area contributed by atoms with Crippen LogP contribution in [-0.4, -0.2) is 48.6 Å². The molecular formula is C12H24N2. The molecule has 0 radical (unpaired) electrons. The van der Waals surface area contributed by atoms with E-state index in [0.717, 1.165) is 18.0 Å². The molecule has 2 saturated heterocycles. The van der Waals surface area contributed by atoms with Crippen molar-refractivity contribution in [3.8, 4) is 0 Å². The van der Waals surface area contributed by atoms with Crippen molar-refractivity contribution < 1.29 is 0 Å². The molecule has 0 saturated carbocycles. The maximum Gasteiger partial charge on any atom is 0.0224 e. The van der Waals surface area contributed by atoms with Crippen LogP contribution in [0.2, 0.25) is 0 Å². The van der Waals surface area contributed by atoms with Gasteiger partial charge in [0.15, 0.2) is 0 Å². The topological polar surface area (TPSA) is 6.48 Å². The molecule has 2 heterocycles. The SMILES string of the molecule is CC(C)CC1CN2CCCC2CN1C. The van der Waals surface area contributed by atoms with E-state index in [2.05, 4.69) is 30.7 Å². The molecule has 0 N–H and O–H groups in total. The zero-order chi connectivity index (χ0) is 10.1. The van der Waals surface area contributed by atoms with Crippen molar-refractivity contribution in [1.29, 1.82) is 0 Å². The Bertz CT molecular complexity index is 191. The lowest BCUT2D eigenvalue weighted by molar-refractivity contribution is 0.0603. The van der Waals surface area contributed by atoms with Crippen molar-refractivity contribution in [1.82, 2.24) is 9.80 Å². The lowest BCUT2D eigenvalue weighted by Crippen LogP contribution is -2.54. The van der Waals surface area contributed by atoms with Crippen molar-refractivity contribution >= 4 is 0 Å². The van der Waals surface area contributed by atoms with E-state index in [0.29, 0.717) is 0 Å². The van der Waals surface area contributed by atoms with Gasteiger partial charge in [-0.15, -0.1) is 0 Å². The van der Waals surface area contributed by atoms with Crippen LogP contribution in [-0.2, 0) is 0 Å². The van der Waals surface area contributed by atoms with Gasteiger partial charge in [0.2, 0.25) is 0 Å². The van der Waals surface area contributed by atoms with E-state index in [4.69, 9.17) is 0 Å². The van der Waals surface area contributed by atoms with Crippen LogP contribution in [0.1, 0.15) is 33.1 Å². The molecule has 14 heavy (non-hydrogen) atoms. The predicted octanol–water partition coefficient (Wildman–Crippen LogP) is 1.81. The molecule has 2 atom stereocenters. The number of hydrogen-bond donors (Lipinski definition) is 0. The molecule has 0 bridgehead atoms. The fourth-order valence-electron chi connectivity index (χ4n) is 3.03. The fraction of sp³-hybridized carbons (Fsp3) is 1.00. The average Bonchev–Trinajstić information content (AvgIpc) is 2.51. The second kappa shape index (κ2) is 4.19. The largest absolute Gasteiger partial charge is 0.301 e. The first kappa shape index (κ1) is 10.4. The van der Waals surface area contributed by atoms with Gasteiger partial charge in [-0.05, 0) is 38.8 Å². The molecule has 0 aromatic carbocycles. The van der Waals surface area contributed by atoms with Gasteiger partial charge in [0.05, 0.1) is 0 Å². The van der Waals surface area contributed by atoms with E-state index in [1.807, 2.05) is 0 Å². The molecule has 2 aliphatic heterocycles. The van der Waals surface area contributed by atoms with Crippen LogP contribution >= 0.6 is 0 Å². The Kier molecular flexibility index (Phi) is 3.13. The van der Waals surface area contributed by atoms with Crippen molar-refractivity contribution in [2.24, 2.45) is 5.92 Å². The third kappa shape index (κ3) is 2.12. The van der Waals surface area contributed by atoms with Gasteiger partial charge in [0.25, 0.3) is 0 Å². The van der Waals surface area contributed by atoms with Crippen LogP contribution in [0, 0.1) is 5.92 Å². The van der Waals surface area contributed by atoms with Gasteiger partial charge in [0, 0.05) is 25.2 Å². The predicted molar refractivity (Wildman–Crippen MR) is 60.5 cm³/mol. The lowest BCUT2D eigenvalue weighted by Gasteiger charge is -2.42. The Balaban J connectivity index is 1.92. The number of rotatable bonds is 2. The highest BCUT2D eigenvalue weighted by molar-refractivity contribution is 4.91. The van der Waals surface area contributed by atoms with Gasteiger partial charge < -0.3 is 4.90 Å². The molecule has 2 nitrogen and oxygen atoms in total. The van der Waals surface area contributed by atoms with Gasteiger partial charge in [-0.25, -0.2) is 0 Å². The lowest BCUT2D eigenvalue weighted by atomic mass is 9.99. The molecule has 2 heteroatoms. The molecule has 2 unspecified atom stereocenters. The van der Waals surface area contributed by atoms with Crippen LogP contribution in [0.3, 0.4) is 0 Å². The second-order valence-electron chi connectivity index (χ2n) is 5.51. The van der Waals surface area contributed by atoms with Crippen LogP contribution in [0.25, 0.3) is 0 Å². The Hall–Kier alpha value is -0.0800. The quantitative estimate of drug-likeness (QED) is 0.664. The third-order valence-corrected chi connectivity index (χ3v) is 3.81.